The standard InChI is InChI=1S/C26H26F4N4O3.Y/c1-3-37-18-9-7-17(8-10-18)34-24(33-23-19(25(34)36)5-4-12-31-23)15(2)32-22(35)14-16-6-11-21(27)20(13-16)26(28,29)30;/h6-11,13,15H,3-5,12,14H2,1-2H3,(H2,31,32,35,36);/p-1/t15-;/m1./s1. The molecule has 1 atom stereocenters. The number of nitrogens with zero attached hydrogens (tertiary/aromatic N) is 3. The SMILES string of the molecule is CCOc1ccc(-n2c([C@@H](C)[N-]C(=O)Cc3ccc(F)c(C(F)(F)F)c3)nc3c(c2=O)CCCN3)cc1.[Y]. The molecule has 1 aliphatic heterocycles. The van der Waals surface area contributed by atoms with Gasteiger partial charge in [0.15, 0.2) is 0 Å². The van der Waals surface area contributed by atoms with E-state index >= 15 is 0 Å². The van der Waals surface area contributed by atoms with Gasteiger partial charge in [-0.25, -0.2) is 9.37 Å². The number of anilines is 1. The topological polar surface area (TPSA) is 87.3 Å². The number of hydrogen-bond acceptors (Lipinski definition) is 5. The van der Waals surface area contributed by atoms with E-state index < -0.39 is 35.9 Å². The van der Waals surface area contributed by atoms with E-state index in [9.17, 15) is 27.2 Å². The van der Waals surface area contributed by atoms with Crippen LogP contribution in [0.4, 0.5) is 23.4 Å². The molecule has 0 unspecified atom stereocenters. The molecule has 199 valence electrons. The van der Waals surface area contributed by atoms with Gasteiger partial charge in [0.1, 0.15) is 23.2 Å². The predicted molar refractivity (Wildman–Crippen MR) is 130 cm³/mol. The summed E-state index contributed by atoms with van der Waals surface area (Å²) in [6, 6.07) is 8.32. The Hall–Kier alpha value is -2.79. The number of nitrogens with one attached hydrogen (secondary N) is 1. The third-order valence-corrected chi connectivity index (χ3v) is 5.91. The molecule has 0 fully saturated rings. The number of ether oxygens (including phenoxy) is 1. The number of halogens is 4. The van der Waals surface area contributed by atoms with Crippen LogP contribution in [0.15, 0.2) is 47.3 Å². The van der Waals surface area contributed by atoms with Gasteiger partial charge in [-0.2, -0.15) is 13.2 Å². The van der Waals surface area contributed by atoms with Gasteiger partial charge in [0.2, 0.25) is 0 Å². The average Bonchev–Trinajstić information content (AvgIpc) is 2.85. The van der Waals surface area contributed by atoms with E-state index in [1.165, 1.54) is 4.57 Å². The zero-order chi connectivity index (χ0) is 26.7. The normalized spacial score (nSPS) is 13.5. The van der Waals surface area contributed by atoms with Crippen molar-refractivity contribution in [3.8, 4) is 11.4 Å². The molecule has 1 N–H and O–H groups in total. The zero-order valence-electron chi connectivity index (χ0n) is 20.8. The van der Waals surface area contributed by atoms with E-state index in [2.05, 4.69) is 15.6 Å². The van der Waals surface area contributed by atoms with Crippen molar-refractivity contribution < 1.29 is 59.8 Å². The van der Waals surface area contributed by atoms with Crippen molar-refractivity contribution in [3.05, 3.63) is 86.5 Å². The van der Waals surface area contributed by atoms with Gasteiger partial charge in [-0.3, -0.25) is 9.36 Å². The summed E-state index contributed by atoms with van der Waals surface area (Å²) >= 11 is 0. The maximum Gasteiger partial charge on any atom is 0.419 e. The monoisotopic (exact) mass is 606 g/mol. The Balaban J connectivity index is 0.00000400. The van der Waals surface area contributed by atoms with Crippen molar-refractivity contribution in [1.82, 2.24) is 9.55 Å². The quantitative estimate of drug-likeness (QED) is 0.367. The number of aromatic nitrogens is 2. The van der Waals surface area contributed by atoms with Crippen LogP contribution in [0.25, 0.3) is 11.0 Å². The molecule has 12 heteroatoms. The smallest absolute Gasteiger partial charge is 0.419 e. The van der Waals surface area contributed by atoms with Gasteiger partial charge in [-0.15, -0.1) is 0 Å². The van der Waals surface area contributed by atoms with Gasteiger partial charge in [-0.05, 0) is 61.7 Å². The van der Waals surface area contributed by atoms with Crippen LogP contribution in [0.2, 0.25) is 0 Å². The first-order valence-corrected chi connectivity index (χ1v) is 11.8. The summed E-state index contributed by atoms with van der Waals surface area (Å²) in [5.41, 5.74) is -0.740. The molecule has 0 saturated carbocycles. The fraction of sp³-hybridized carbons (Fsp3) is 0.346. The van der Waals surface area contributed by atoms with E-state index in [1.807, 2.05) is 6.92 Å². The van der Waals surface area contributed by atoms with E-state index in [4.69, 9.17) is 4.74 Å². The molecule has 1 amide bonds. The van der Waals surface area contributed by atoms with Gasteiger partial charge in [0.05, 0.1) is 29.3 Å². The second-order valence-electron chi connectivity index (χ2n) is 8.58. The summed E-state index contributed by atoms with van der Waals surface area (Å²) in [6.45, 7) is 4.55. The Labute approximate surface area is 241 Å². The number of alkyl halides is 3. The van der Waals surface area contributed by atoms with Crippen LogP contribution < -0.4 is 15.6 Å². The third kappa shape index (κ3) is 6.61. The zero-order valence-corrected chi connectivity index (χ0v) is 23.6. The van der Waals surface area contributed by atoms with Gasteiger partial charge in [-0.1, -0.05) is 19.0 Å². The van der Waals surface area contributed by atoms with Crippen LogP contribution in [0, 0.1) is 5.82 Å². The number of hydrogen-bond donors (Lipinski definition) is 1. The molecule has 0 aliphatic carbocycles. The fourth-order valence-corrected chi connectivity index (χ4v) is 4.20. The second-order valence-corrected chi connectivity index (χ2v) is 8.58. The number of amides is 1. The van der Waals surface area contributed by atoms with Crippen LogP contribution in [0.3, 0.4) is 0 Å². The molecular formula is C26H25F4N4O3Y-. The molecule has 0 saturated heterocycles. The Bertz CT molecular complexity index is 1360. The molecule has 2 heterocycles. The summed E-state index contributed by atoms with van der Waals surface area (Å²) in [7, 11) is 0. The van der Waals surface area contributed by atoms with Crippen molar-refractivity contribution >= 4 is 11.7 Å². The molecular weight excluding hydrogens is 581 g/mol. The Morgan fingerprint density at radius 1 is 1.21 bits per heavy atom. The Morgan fingerprint density at radius 3 is 2.58 bits per heavy atom. The van der Waals surface area contributed by atoms with Crippen LogP contribution in [-0.2, 0) is 56.5 Å². The largest absolute Gasteiger partial charge is 0.645 e. The predicted octanol–water partition coefficient (Wildman–Crippen LogP) is 5.35. The summed E-state index contributed by atoms with van der Waals surface area (Å²) in [5.74, 6) is -0.898. The minimum absolute atomic E-state index is 0. The molecule has 0 bridgehead atoms. The number of carbonyl (C=O) groups is 1. The minimum atomic E-state index is -4.89. The van der Waals surface area contributed by atoms with E-state index in [1.54, 1.807) is 31.2 Å². The summed E-state index contributed by atoms with van der Waals surface area (Å²) in [6.07, 6.45) is -4.05. The molecule has 7 nitrogen and oxygen atoms in total. The summed E-state index contributed by atoms with van der Waals surface area (Å²) in [4.78, 5) is 30.8. The first-order valence-electron chi connectivity index (χ1n) is 11.8. The summed E-state index contributed by atoms with van der Waals surface area (Å²) < 4.78 is 59.6. The van der Waals surface area contributed by atoms with Crippen LogP contribution in [0.1, 0.15) is 48.8 Å². The maximum atomic E-state index is 13.6. The molecule has 1 aromatic heterocycles. The maximum absolute atomic E-state index is 13.6. The number of rotatable bonds is 7. The molecule has 3 aromatic rings. The van der Waals surface area contributed by atoms with Crippen LogP contribution >= 0.6 is 0 Å². The minimum Gasteiger partial charge on any atom is -0.645 e. The van der Waals surface area contributed by atoms with Gasteiger partial charge in [0.25, 0.3) is 5.56 Å². The molecule has 4 rings (SSSR count). The fourth-order valence-electron chi connectivity index (χ4n) is 4.20. The average molecular weight is 606 g/mol. The molecule has 1 aliphatic rings. The molecule has 2 aromatic carbocycles. The van der Waals surface area contributed by atoms with Crippen molar-refractivity contribution in [2.75, 3.05) is 18.5 Å². The van der Waals surface area contributed by atoms with Gasteiger partial charge >= 0.3 is 6.18 Å². The third-order valence-electron chi connectivity index (χ3n) is 5.91. The van der Waals surface area contributed by atoms with Crippen LogP contribution in [0.5, 0.6) is 5.75 Å². The van der Waals surface area contributed by atoms with Crippen molar-refractivity contribution in [2.45, 2.75) is 45.3 Å². The van der Waals surface area contributed by atoms with E-state index in [0.717, 1.165) is 12.5 Å². The first kappa shape index (κ1) is 29.8. The Morgan fingerprint density at radius 2 is 1.92 bits per heavy atom. The molecule has 1 radical (unpaired) electrons. The first-order chi connectivity index (χ1) is 17.6. The number of carbonyl (C=O) groups excluding carboxylic acids is 1. The van der Waals surface area contributed by atoms with Crippen molar-refractivity contribution in [3.63, 3.8) is 0 Å². The number of benzene rings is 2. The van der Waals surface area contributed by atoms with E-state index in [0.29, 0.717) is 54.5 Å². The molecule has 38 heavy (non-hydrogen) atoms. The van der Waals surface area contributed by atoms with E-state index in [-0.39, 0.29) is 49.7 Å². The van der Waals surface area contributed by atoms with Crippen molar-refractivity contribution in [2.24, 2.45) is 0 Å². The summed E-state index contributed by atoms with van der Waals surface area (Å²) in [5, 5.41) is 7.20. The second kappa shape index (κ2) is 12.4. The number of fused-ring (bicyclic) bond motifs is 1. The van der Waals surface area contributed by atoms with Crippen LogP contribution in [-0.4, -0.2) is 28.6 Å². The van der Waals surface area contributed by atoms with Gasteiger partial charge in [0, 0.05) is 45.7 Å². The Kier molecular flexibility index (Phi) is 9.70. The van der Waals surface area contributed by atoms with Gasteiger partial charge < -0.3 is 20.2 Å². The molecule has 0 spiro atoms. The van der Waals surface area contributed by atoms with Crippen molar-refractivity contribution in [1.29, 1.82) is 0 Å².